The molecule has 3 atom stereocenters. The van der Waals surface area contributed by atoms with Crippen LogP contribution in [0.4, 0.5) is 16.3 Å². The lowest BCUT2D eigenvalue weighted by Crippen LogP contribution is -2.70. The maximum atomic E-state index is 13.8. The number of likely N-dealkylation sites (tertiary alicyclic amines) is 1. The molecule has 3 N–H and O–H groups in total. The zero-order chi connectivity index (χ0) is 27.6. The van der Waals surface area contributed by atoms with Gasteiger partial charge < -0.3 is 16.0 Å². The highest BCUT2D eigenvalue weighted by Crippen LogP contribution is 2.33. The third-order valence-corrected chi connectivity index (χ3v) is 6.92. The van der Waals surface area contributed by atoms with Gasteiger partial charge in [0.25, 0.3) is 5.91 Å². The fourth-order valence-electron chi connectivity index (χ4n) is 4.99. The first-order valence-electron chi connectivity index (χ1n) is 12.7. The maximum absolute atomic E-state index is 13.8. The van der Waals surface area contributed by atoms with Gasteiger partial charge in [-0.15, -0.1) is 0 Å². The molecule has 0 bridgehead atoms. The molecule has 0 spiro atoms. The van der Waals surface area contributed by atoms with E-state index in [0.717, 1.165) is 33.0 Å². The molecule has 9 nitrogen and oxygen atoms in total. The number of likely N-dealkylation sites (N-methyl/N-ethyl adjacent to an activating group) is 1. The molecule has 198 valence electrons. The molecule has 0 saturated carbocycles. The van der Waals surface area contributed by atoms with Gasteiger partial charge in [-0.05, 0) is 69.0 Å². The number of carbonyl (C=O) groups is 3. The first-order chi connectivity index (χ1) is 18.1. The van der Waals surface area contributed by atoms with Crippen LogP contribution in [0.1, 0.15) is 47.5 Å². The summed E-state index contributed by atoms with van der Waals surface area (Å²) in [6, 6.07) is 13.1. The minimum Gasteiger partial charge on any atom is -0.384 e. The molecule has 4 amide bonds. The zero-order valence-corrected chi connectivity index (χ0v) is 22.4. The van der Waals surface area contributed by atoms with Gasteiger partial charge >= 0.3 is 6.03 Å². The predicted octanol–water partition coefficient (Wildman–Crippen LogP) is 3.88. The van der Waals surface area contributed by atoms with E-state index in [-0.39, 0.29) is 18.4 Å². The molecule has 0 aliphatic carbocycles. The number of rotatable bonds is 7. The van der Waals surface area contributed by atoms with Crippen LogP contribution in [0.3, 0.4) is 0 Å². The van der Waals surface area contributed by atoms with Gasteiger partial charge in [-0.2, -0.15) is 0 Å². The molecule has 0 radical (unpaired) electrons. The summed E-state index contributed by atoms with van der Waals surface area (Å²) in [5.41, 5.74) is 10.8. The molecule has 2 aromatic heterocycles. The van der Waals surface area contributed by atoms with Crippen molar-refractivity contribution in [2.24, 2.45) is 5.92 Å². The van der Waals surface area contributed by atoms with Crippen molar-refractivity contribution in [3.05, 3.63) is 82.8 Å². The average molecular weight is 515 g/mol. The SMILES string of the molecule is CCC(NC(=O)N1C(=O)[C@H](Cc2ccnc(N)c2)[C@H]1C(=O)N(C)c1cc(C)nc(C)c1)c1cccc(C)c1. The van der Waals surface area contributed by atoms with E-state index >= 15 is 0 Å². The second kappa shape index (κ2) is 11.0. The monoisotopic (exact) mass is 514 g/mol. The Bertz CT molecular complexity index is 1350. The van der Waals surface area contributed by atoms with Gasteiger partial charge in [-0.3, -0.25) is 19.5 Å². The summed E-state index contributed by atoms with van der Waals surface area (Å²) in [6.45, 7) is 7.66. The van der Waals surface area contributed by atoms with E-state index in [0.29, 0.717) is 17.9 Å². The molecule has 38 heavy (non-hydrogen) atoms. The van der Waals surface area contributed by atoms with Crippen molar-refractivity contribution in [3.63, 3.8) is 0 Å². The van der Waals surface area contributed by atoms with E-state index in [1.807, 2.05) is 52.0 Å². The highest BCUT2D eigenvalue weighted by atomic mass is 16.2. The maximum Gasteiger partial charge on any atom is 0.325 e. The van der Waals surface area contributed by atoms with Crippen LogP contribution in [-0.4, -0.2) is 45.8 Å². The number of nitrogens with two attached hydrogens (primary N) is 1. The summed E-state index contributed by atoms with van der Waals surface area (Å²) < 4.78 is 0. The molecule has 1 unspecified atom stereocenters. The minimum atomic E-state index is -0.967. The number of benzene rings is 1. The normalized spacial score (nSPS) is 17.5. The number of nitrogen functional groups attached to an aromatic ring is 1. The second-order valence-corrected chi connectivity index (χ2v) is 9.88. The number of hydrogen-bond acceptors (Lipinski definition) is 6. The van der Waals surface area contributed by atoms with Crippen molar-refractivity contribution < 1.29 is 14.4 Å². The molecule has 3 heterocycles. The second-order valence-electron chi connectivity index (χ2n) is 9.88. The third kappa shape index (κ3) is 5.51. The van der Waals surface area contributed by atoms with Crippen LogP contribution < -0.4 is 16.0 Å². The summed E-state index contributed by atoms with van der Waals surface area (Å²) in [7, 11) is 1.65. The molecule has 1 aliphatic heterocycles. The highest BCUT2D eigenvalue weighted by Gasteiger charge is 2.55. The minimum absolute atomic E-state index is 0.267. The van der Waals surface area contributed by atoms with Crippen molar-refractivity contribution in [2.75, 3.05) is 17.7 Å². The number of aromatic nitrogens is 2. The van der Waals surface area contributed by atoms with Gasteiger partial charge in [-0.25, -0.2) is 9.78 Å². The summed E-state index contributed by atoms with van der Waals surface area (Å²) in [4.78, 5) is 51.6. The number of aryl methyl sites for hydroxylation is 3. The number of anilines is 2. The summed E-state index contributed by atoms with van der Waals surface area (Å²) in [5.74, 6) is -1.12. The van der Waals surface area contributed by atoms with Crippen LogP contribution in [0.25, 0.3) is 0 Å². The van der Waals surface area contributed by atoms with Crippen molar-refractivity contribution in [1.82, 2.24) is 20.2 Å². The molecule has 3 aromatic rings. The van der Waals surface area contributed by atoms with Gasteiger partial charge in [0, 0.05) is 30.3 Å². The number of urea groups is 1. The number of hydrogen-bond donors (Lipinski definition) is 2. The lowest BCUT2D eigenvalue weighted by molar-refractivity contribution is -0.156. The Hall–Kier alpha value is -4.27. The third-order valence-electron chi connectivity index (χ3n) is 6.92. The number of nitrogens with zero attached hydrogens (tertiary/aromatic N) is 4. The first kappa shape index (κ1) is 26.8. The van der Waals surface area contributed by atoms with E-state index in [1.54, 1.807) is 37.5 Å². The van der Waals surface area contributed by atoms with Gasteiger partial charge in [0.05, 0.1) is 12.0 Å². The Balaban J connectivity index is 1.63. The number of β-lactam (4-membered cyclic amide) rings is 1. The molecular formula is C29H34N6O3. The number of imide groups is 1. The molecule has 1 saturated heterocycles. The van der Waals surface area contributed by atoms with E-state index in [9.17, 15) is 14.4 Å². The number of pyridine rings is 2. The van der Waals surface area contributed by atoms with Crippen LogP contribution in [0.2, 0.25) is 0 Å². The summed E-state index contributed by atoms with van der Waals surface area (Å²) >= 11 is 0. The predicted molar refractivity (Wildman–Crippen MR) is 146 cm³/mol. The van der Waals surface area contributed by atoms with Gasteiger partial charge in [-0.1, -0.05) is 36.8 Å². The molecular weight excluding hydrogens is 480 g/mol. The quantitative estimate of drug-likeness (QED) is 0.462. The first-order valence-corrected chi connectivity index (χ1v) is 12.7. The molecule has 1 aromatic carbocycles. The van der Waals surface area contributed by atoms with Gasteiger partial charge in [0.2, 0.25) is 5.91 Å². The number of carbonyl (C=O) groups excluding carboxylic acids is 3. The lowest BCUT2D eigenvalue weighted by atomic mass is 9.81. The average Bonchev–Trinajstić information content (AvgIpc) is 2.87. The summed E-state index contributed by atoms with van der Waals surface area (Å²) in [6.07, 6.45) is 2.46. The fourth-order valence-corrected chi connectivity index (χ4v) is 4.99. The zero-order valence-electron chi connectivity index (χ0n) is 22.4. The standard InChI is InChI=1S/C29H34N6O3/c1-6-24(21-9-7-8-17(2)12-21)33-29(38)35-26(23(27(35)36)15-20-10-11-31-25(30)16-20)28(37)34(5)22-13-18(3)32-19(4)14-22/h7-14,16,23-24,26H,6,15H2,1-5H3,(H2,30,31)(H,33,38)/t23-,24?,26+/m1/s1. The van der Waals surface area contributed by atoms with E-state index in [1.165, 1.54) is 4.90 Å². The van der Waals surface area contributed by atoms with Crippen LogP contribution in [0.5, 0.6) is 0 Å². The smallest absolute Gasteiger partial charge is 0.325 e. The molecule has 9 heteroatoms. The van der Waals surface area contributed by atoms with E-state index in [4.69, 9.17) is 5.73 Å². The van der Waals surface area contributed by atoms with E-state index in [2.05, 4.69) is 15.3 Å². The largest absolute Gasteiger partial charge is 0.384 e. The van der Waals surface area contributed by atoms with Gasteiger partial charge in [0.15, 0.2) is 0 Å². The number of nitrogens with one attached hydrogen (secondary N) is 1. The van der Waals surface area contributed by atoms with Crippen LogP contribution in [-0.2, 0) is 16.0 Å². The van der Waals surface area contributed by atoms with E-state index < -0.39 is 23.9 Å². The van der Waals surface area contributed by atoms with Crippen molar-refractivity contribution >= 4 is 29.4 Å². The van der Waals surface area contributed by atoms with Crippen molar-refractivity contribution in [3.8, 4) is 0 Å². The summed E-state index contributed by atoms with van der Waals surface area (Å²) in [5, 5.41) is 2.97. The Morgan fingerprint density at radius 3 is 2.45 bits per heavy atom. The van der Waals surface area contributed by atoms with Gasteiger partial charge in [0.1, 0.15) is 11.9 Å². The van der Waals surface area contributed by atoms with Crippen molar-refractivity contribution in [2.45, 2.75) is 52.6 Å². The number of amides is 4. The Labute approximate surface area is 223 Å². The molecule has 1 fully saturated rings. The van der Waals surface area contributed by atoms with Crippen molar-refractivity contribution in [1.29, 1.82) is 0 Å². The topological polar surface area (TPSA) is 122 Å². The Morgan fingerprint density at radius 1 is 1.11 bits per heavy atom. The van der Waals surface area contributed by atoms with Crippen LogP contribution in [0.15, 0.2) is 54.7 Å². The lowest BCUT2D eigenvalue weighted by Gasteiger charge is -2.46. The Morgan fingerprint density at radius 2 is 1.82 bits per heavy atom. The van der Waals surface area contributed by atoms with Crippen LogP contribution in [0, 0.1) is 26.7 Å². The molecule has 4 rings (SSSR count). The Kier molecular flexibility index (Phi) is 7.75. The molecule has 1 aliphatic rings. The highest BCUT2D eigenvalue weighted by molar-refractivity contribution is 6.12. The van der Waals surface area contributed by atoms with Crippen LogP contribution >= 0.6 is 0 Å². The fraction of sp³-hybridized carbons (Fsp3) is 0.345.